The van der Waals surface area contributed by atoms with Gasteiger partial charge in [0.05, 0.1) is 12.2 Å². The highest BCUT2D eigenvalue weighted by atomic mass is 79.9. The van der Waals surface area contributed by atoms with Crippen molar-refractivity contribution in [2.45, 2.75) is 19.9 Å². The van der Waals surface area contributed by atoms with Gasteiger partial charge in [0.2, 0.25) is 5.91 Å². The van der Waals surface area contributed by atoms with E-state index in [4.69, 9.17) is 5.11 Å². The van der Waals surface area contributed by atoms with E-state index >= 15 is 0 Å². The fourth-order valence-electron chi connectivity index (χ4n) is 1.25. The first-order valence-electron chi connectivity index (χ1n) is 5.42. The molecule has 0 heterocycles. The third kappa shape index (κ3) is 4.46. The standard InChI is InChI=1S/C12H15BrN2O3/c1-7-3-4-10(9(13)5-7)15-11(16)6-14-8(2)12(17)18/h3-5,8,14H,6H2,1-2H3,(H,15,16)(H,17,18)/t8-/m1/s1. The van der Waals surface area contributed by atoms with Gasteiger partial charge in [0.1, 0.15) is 6.04 Å². The second kappa shape index (κ2) is 6.51. The Hall–Kier alpha value is -1.40. The summed E-state index contributed by atoms with van der Waals surface area (Å²) in [5.74, 6) is -1.27. The number of carbonyl (C=O) groups is 2. The normalized spacial score (nSPS) is 11.9. The second-order valence-electron chi connectivity index (χ2n) is 3.97. The maximum atomic E-state index is 11.6. The fraction of sp³-hybridized carbons (Fsp3) is 0.333. The van der Waals surface area contributed by atoms with Crippen LogP contribution < -0.4 is 10.6 Å². The van der Waals surface area contributed by atoms with Gasteiger partial charge in [-0.25, -0.2) is 0 Å². The molecule has 3 N–H and O–H groups in total. The summed E-state index contributed by atoms with van der Waals surface area (Å²) >= 11 is 3.35. The molecule has 0 aliphatic heterocycles. The summed E-state index contributed by atoms with van der Waals surface area (Å²) in [4.78, 5) is 22.1. The van der Waals surface area contributed by atoms with Crippen LogP contribution in [0.25, 0.3) is 0 Å². The number of rotatable bonds is 5. The lowest BCUT2D eigenvalue weighted by Crippen LogP contribution is -2.39. The predicted octanol–water partition coefficient (Wildman–Crippen LogP) is 1.76. The van der Waals surface area contributed by atoms with Crippen molar-refractivity contribution in [3.8, 4) is 0 Å². The van der Waals surface area contributed by atoms with Crippen molar-refractivity contribution in [2.24, 2.45) is 0 Å². The third-order valence-electron chi connectivity index (χ3n) is 2.34. The molecule has 0 aliphatic rings. The molecule has 0 aliphatic carbocycles. The number of hydrogen-bond donors (Lipinski definition) is 3. The van der Waals surface area contributed by atoms with E-state index in [1.807, 2.05) is 19.1 Å². The molecule has 18 heavy (non-hydrogen) atoms. The third-order valence-corrected chi connectivity index (χ3v) is 2.99. The van der Waals surface area contributed by atoms with Gasteiger partial charge in [-0.05, 0) is 47.5 Å². The zero-order valence-corrected chi connectivity index (χ0v) is 11.7. The molecule has 0 radical (unpaired) electrons. The molecule has 0 unspecified atom stereocenters. The molecule has 1 atom stereocenters. The minimum absolute atomic E-state index is 0.0478. The van der Waals surface area contributed by atoms with Crippen molar-refractivity contribution < 1.29 is 14.7 Å². The smallest absolute Gasteiger partial charge is 0.320 e. The van der Waals surface area contributed by atoms with E-state index in [-0.39, 0.29) is 12.5 Å². The molecule has 1 rings (SSSR count). The fourth-order valence-corrected chi connectivity index (χ4v) is 1.84. The van der Waals surface area contributed by atoms with Crippen LogP contribution in [0.5, 0.6) is 0 Å². The van der Waals surface area contributed by atoms with Gasteiger partial charge in [-0.1, -0.05) is 6.07 Å². The lowest BCUT2D eigenvalue weighted by Gasteiger charge is -2.11. The van der Waals surface area contributed by atoms with E-state index in [2.05, 4.69) is 26.6 Å². The predicted molar refractivity (Wildman–Crippen MR) is 72.6 cm³/mol. The Morgan fingerprint density at radius 3 is 2.67 bits per heavy atom. The quantitative estimate of drug-likeness (QED) is 0.774. The van der Waals surface area contributed by atoms with E-state index in [9.17, 15) is 9.59 Å². The molecule has 1 aromatic carbocycles. The number of hydrogen-bond acceptors (Lipinski definition) is 3. The zero-order valence-electron chi connectivity index (χ0n) is 10.2. The van der Waals surface area contributed by atoms with Gasteiger partial charge in [-0.2, -0.15) is 0 Å². The van der Waals surface area contributed by atoms with Gasteiger partial charge in [-0.3, -0.25) is 14.9 Å². The highest BCUT2D eigenvalue weighted by Gasteiger charge is 2.12. The first kappa shape index (κ1) is 14.7. The SMILES string of the molecule is Cc1ccc(NC(=O)CN[C@H](C)C(=O)O)c(Br)c1. The molecule has 0 aromatic heterocycles. The summed E-state index contributed by atoms with van der Waals surface area (Å²) in [6.07, 6.45) is 0. The van der Waals surface area contributed by atoms with E-state index in [1.54, 1.807) is 6.07 Å². The number of aliphatic carboxylic acids is 1. The van der Waals surface area contributed by atoms with Crippen LogP contribution in [-0.2, 0) is 9.59 Å². The summed E-state index contributed by atoms with van der Waals surface area (Å²) in [7, 11) is 0. The van der Waals surface area contributed by atoms with Gasteiger partial charge >= 0.3 is 5.97 Å². The van der Waals surface area contributed by atoms with Crippen LogP contribution >= 0.6 is 15.9 Å². The van der Waals surface area contributed by atoms with Crippen LogP contribution in [0.1, 0.15) is 12.5 Å². The number of amides is 1. The molecule has 0 saturated heterocycles. The molecule has 0 fully saturated rings. The summed E-state index contributed by atoms with van der Waals surface area (Å²) in [5, 5.41) is 14.0. The van der Waals surface area contributed by atoms with Crippen LogP contribution in [0.2, 0.25) is 0 Å². The van der Waals surface area contributed by atoms with Crippen molar-refractivity contribution in [2.75, 3.05) is 11.9 Å². The molecule has 0 bridgehead atoms. The Balaban J connectivity index is 2.52. The van der Waals surface area contributed by atoms with Crippen molar-refractivity contribution >= 4 is 33.5 Å². The Morgan fingerprint density at radius 1 is 1.44 bits per heavy atom. The van der Waals surface area contributed by atoms with Gasteiger partial charge in [-0.15, -0.1) is 0 Å². The highest BCUT2D eigenvalue weighted by Crippen LogP contribution is 2.23. The monoisotopic (exact) mass is 314 g/mol. The topological polar surface area (TPSA) is 78.4 Å². The Kier molecular flexibility index (Phi) is 5.30. The van der Waals surface area contributed by atoms with E-state index in [0.29, 0.717) is 5.69 Å². The molecule has 0 spiro atoms. The number of aryl methyl sites for hydroxylation is 1. The Bertz CT molecular complexity index is 463. The summed E-state index contributed by atoms with van der Waals surface area (Å²) in [6, 6.07) is 4.81. The minimum atomic E-state index is -0.987. The lowest BCUT2D eigenvalue weighted by molar-refractivity contribution is -0.139. The Morgan fingerprint density at radius 2 is 2.11 bits per heavy atom. The molecule has 5 nitrogen and oxygen atoms in total. The van der Waals surface area contributed by atoms with Gasteiger partial charge < -0.3 is 10.4 Å². The van der Waals surface area contributed by atoms with Crippen molar-refractivity contribution in [1.82, 2.24) is 5.32 Å². The first-order chi connectivity index (χ1) is 8.40. The number of carbonyl (C=O) groups excluding carboxylic acids is 1. The maximum absolute atomic E-state index is 11.6. The molecule has 0 saturated carbocycles. The molecule has 1 aromatic rings. The van der Waals surface area contributed by atoms with Crippen molar-refractivity contribution in [3.05, 3.63) is 28.2 Å². The average Bonchev–Trinajstić information content (AvgIpc) is 2.29. The molecular formula is C12H15BrN2O3. The molecule has 98 valence electrons. The number of nitrogens with one attached hydrogen (secondary N) is 2. The number of benzene rings is 1. The maximum Gasteiger partial charge on any atom is 0.320 e. The zero-order chi connectivity index (χ0) is 13.7. The van der Waals surface area contributed by atoms with Crippen LogP contribution in [-0.4, -0.2) is 29.6 Å². The van der Waals surface area contributed by atoms with Gasteiger partial charge in [0.25, 0.3) is 0 Å². The number of anilines is 1. The van der Waals surface area contributed by atoms with Crippen LogP contribution in [0.4, 0.5) is 5.69 Å². The number of halogens is 1. The minimum Gasteiger partial charge on any atom is -0.480 e. The Labute approximate surface area is 114 Å². The van der Waals surface area contributed by atoms with Crippen LogP contribution in [0.3, 0.4) is 0 Å². The van der Waals surface area contributed by atoms with E-state index in [1.165, 1.54) is 6.92 Å². The lowest BCUT2D eigenvalue weighted by atomic mass is 10.2. The van der Waals surface area contributed by atoms with Crippen molar-refractivity contribution in [1.29, 1.82) is 0 Å². The first-order valence-corrected chi connectivity index (χ1v) is 6.21. The van der Waals surface area contributed by atoms with Gasteiger partial charge in [0.15, 0.2) is 0 Å². The van der Waals surface area contributed by atoms with Gasteiger partial charge in [0, 0.05) is 4.47 Å². The average molecular weight is 315 g/mol. The van der Waals surface area contributed by atoms with Crippen LogP contribution in [0.15, 0.2) is 22.7 Å². The van der Waals surface area contributed by atoms with E-state index in [0.717, 1.165) is 10.0 Å². The summed E-state index contributed by atoms with van der Waals surface area (Å²) in [6.45, 7) is 3.39. The van der Waals surface area contributed by atoms with Crippen molar-refractivity contribution in [3.63, 3.8) is 0 Å². The number of carboxylic acid groups (broad SMARTS) is 1. The molecule has 6 heteroatoms. The van der Waals surface area contributed by atoms with Crippen LogP contribution in [0, 0.1) is 6.92 Å². The summed E-state index contributed by atoms with van der Waals surface area (Å²) in [5.41, 5.74) is 1.74. The molecular weight excluding hydrogens is 300 g/mol. The van der Waals surface area contributed by atoms with E-state index < -0.39 is 12.0 Å². The largest absolute Gasteiger partial charge is 0.480 e. The summed E-state index contributed by atoms with van der Waals surface area (Å²) < 4.78 is 0.794. The number of carboxylic acids is 1. The highest BCUT2D eigenvalue weighted by molar-refractivity contribution is 9.10. The molecule has 1 amide bonds. The second-order valence-corrected chi connectivity index (χ2v) is 4.83.